The zero-order valence-electron chi connectivity index (χ0n) is 17.1. The second-order valence-electron chi connectivity index (χ2n) is 6.73. The molecule has 0 radical (unpaired) electrons. The number of nitrogens with two attached hydrogens (primary N) is 1. The highest BCUT2D eigenvalue weighted by Gasteiger charge is 2.24. The van der Waals surface area contributed by atoms with Gasteiger partial charge in [-0.05, 0) is 30.3 Å². The summed E-state index contributed by atoms with van der Waals surface area (Å²) in [6.07, 6.45) is 3.05. The third-order valence-corrected chi connectivity index (χ3v) is 5.39. The lowest BCUT2D eigenvalue weighted by Crippen LogP contribution is -2.19. The Morgan fingerprint density at radius 3 is 2.52 bits per heavy atom. The highest BCUT2D eigenvalue weighted by Crippen LogP contribution is 2.41. The lowest BCUT2D eigenvalue weighted by molar-refractivity contribution is 0.101. The van der Waals surface area contributed by atoms with Gasteiger partial charge in [-0.3, -0.25) is 14.6 Å². The number of halogens is 2. The van der Waals surface area contributed by atoms with E-state index in [-0.39, 0.29) is 38.7 Å². The molecule has 2 aromatic carbocycles. The molecule has 4 N–H and O–H groups in total. The van der Waals surface area contributed by atoms with Gasteiger partial charge in [0.05, 0.1) is 40.8 Å². The van der Waals surface area contributed by atoms with Gasteiger partial charge in [0.1, 0.15) is 16.6 Å². The molecule has 4 rings (SSSR count). The Kier molecular flexibility index (Phi) is 6.25. The van der Waals surface area contributed by atoms with Crippen LogP contribution in [0.5, 0.6) is 5.75 Å². The summed E-state index contributed by atoms with van der Waals surface area (Å²) < 4.78 is 5.26. The number of anilines is 3. The molecule has 0 unspecified atom stereocenters. The predicted octanol–water partition coefficient (Wildman–Crippen LogP) is 4.43. The summed E-state index contributed by atoms with van der Waals surface area (Å²) in [7, 11) is 1.37. The van der Waals surface area contributed by atoms with Crippen molar-refractivity contribution in [3.63, 3.8) is 0 Å². The van der Waals surface area contributed by atoms with Gasteiger partial charge in [0.2, 0.25) is 5.82 Å². The molecule has 0 saturated carbocycles. The van der Waals surface area contributed by atoms with Crippen LogP contribution in [0.25, 0.3) is 10.9 Å². The van der Waals surface area contributed by atoms with Crippen molar-refractivity contribution in [1.29, 1.82) is 0 Å². The second-order valence-corrected chi connectivity index (χ2v) is 7.48. The number of hydrogen-bond acceptors (Lipinski definition) is 7. The summed E-state index contributed by atoms with van der Waals surface area (Å²) in [5.74, 6) is -1.19. The Hall–Kier alpha value is -3.95. The van der Waals surface area contributed by atoms with Crippen molar-refractivity contribution in [2.75, 3.05) is 23.5 Å². The molecule has 0 fully saturated rings. The molecule has 0 bridgehead atoms. The molecule has 0 aliphatic rings. The number of pyridine rings is 1. The fraction of sp³-hybridized carbons (Fsp3) is 0.0455. The average Bonchev–Trinajstić information content (AvgIpc) is 2.82. The number of nitrogens with zero attached hydrogens (tertiary/aromatic N) is 3. The van der Waals surface area contributed by atoms with E-state index >= 15 is 0 Å². The zero-order valence-corrected chi connectivity index (χ0v) is 18.6. The van der Waals surface area contributed by atoms with Gasteiger partial charge in [-0.1, -0.05) is 35.3 Å². The molecule has 4 aromatic rings. The van der Waals surface area contributed by atoms with Gasteiger partial charge >= 0.3 is 0 Å². The lowest BCUT2D eigenvalue weighted by atomic mass is 10.1. The molecule has 2 heterocycles. The number of fused-ring (bicyclic) bond motifs is 1. The minimum atomic E-state index is -0.719. The van der Waals surface area contributed by atoms with E-state index in [4.69, 9.17) is 33.7 Å². The normalized spacial score (nSPS) is 10.6. The molecule has 0 spiro atoms. The Labute approximate surface area is 197 Å². The summed E-state index contributed by atoms with van der Waals surface area (Å²) >= 11 is 12.8. The maximum atomic E-state index is 12.9. The minimum Gasteiger partial charge on any atom is -0.495 e. The number of hydrogen-bond donors (Lipinski definition) is 3. The summed E-state index contributed by atoms with van der Waals surface area (Å²) in [6.45, 7) is 0. The molecular weight excluding hydrogens is 467 g/mol. The summed E-state index contributed by atoms with van der Waals surface area (Å²) in [5, 5.41) is 5.76. The first kappa shape index (κ1) is 22.3. The van der Waals surface area contributed by atoms with Gasteiger partial charge in [0.15, 0.2) is 0 Å². The van der Waals surface area contributed by atoms with Gasteiger partial charge < -0.3 is 21.1 Å². The first-order valence-electron chi connectivity index (χ1n) is 9.50. The standard InChI is InChI=1S/C22H16Cl2N6O3/c1-33-15-9-13(21(31)27-11-5-4-8-26-10-11)16(23)18(17(15)24)29-22(32)20-28-14-7-3-2-6-12(14)19(25)30-20/h2-10H,1H3,(H,27,31)(H,29,32)(H2,25,28,30). The molecular formula is C22H16Cl2N6O3. The number of amides is 2. The Balaban J connectivity index is 1.70. The van der Waals surface area contributed by atoms with Crippen molar-refractivity contribution in [2.45, 2.75) is 0 Å². The van der Waals surface area contributed by atoms with Crippen LogP contribution < -0.4 is 21.1 Å². The minimum absolute atomic E-state index is 0.00235. The van der Waals surface area contributed by atoms with Crippen molar-refractivity contribution in [3.05, 3.63) is 76.3 Å². The molecule has 33 heavy (non-hydrogen) atoms. The van der Waals surface area contributed by atoms with Crippen molar-refractivity contribution in [1.82, 2.24) is 15.0 Å². The summed E-state index contributed by atoms with van der Waals surface area (Å²) in [6, 6.07) is 11.7. The van der Waals surface area contributed by atoms with E-state index in [0.29, 0.717) is 16.6 Å². The Morgan fingerprint density at radius 2 is 1.79 bits per heavy atom. The van der Waals surface area contributed by atoms with Gasteiger partial charge in [-0.15, -0.1) is 0 Å². The molecule has 2 amide bonds. The van der Waals surface area contributed by atoms with Gasteiger partial charge in [0, 0.05) is 11.6 Å². The van der Waals surface area contributed by atoms with Crippen LogP contribution >= 0.6 is 23.2 Å². The van der Waals surface area contributed by atoms with Crippen molar-refractivity contribution in [3.8, 4) is 5.75 Å². The van der Waals surface area contributed by atoms with E-state index < -0.39 is 11.8 Å². The topological polar surface area (TPSA) is 132 Å². The van der Waals surface area contributed by atoms with Crippen molar-refractivity contribution < 1.29 is 14.3 Å². The van der Waals surface area contributed by atoms with Crippen LogP contribution in [0.4, 0.5) is 17.2 Å². The molecule has 0 saturated heterocycles. The number of methoxy groups -OCH3 is 1. The molecule has 0 aliphatic heterocycles. The maximum Gasteiger partial charge on any atom is 0.293 e. The van der Waals surface area contributed by atoms with Crippen LogP contribution in [0.2, 0.25) is 10.0 Å². The quantitative estimate of drug-likeness (QED) is 0.383. The molecule has 0 atom stereocenters. The first-order valence-corrected chi connectivity index (χ1v) is 10.3. The monoisotopic (exact) mass is 482 g/mol. The first-order chi connectivity index (χ1) is 15.9. The number of ether oxygens (including phenoxy) is 1. The number of nitrogen functional groups attached to an aromatic ring is 1. The van der Waals surface area contributed by atoms with Crippen molar-refractivity contribution >= 4 is 63.1 Å². The lowest BCUT2D eigenvalue weighted by Gasteiger charge is -2.16. The predicted molar refractivity (Wildman–Crippen MR) is 127 cm³/mol. The zero-order chi connectivity index (χ0) is 23.5. The third-order valence-electron chi connectivity index (χ3n) is 4.63. The highest BCUT2D eigenvalue weighted by atomic mass is 35.5. The smallest absolute Gasteiger partial charge is 0.293 e. The van der Waals surface area contributed by atoms with E-state index in [9.17, 15) is 9.59 Å². The number of carbonyl (C=O) groups is 2. The SMILES string of the molecule is COc1cc(C(=O)Nc2cccnc2)c(Cl)c(NC(=O)c2nc(N)c3ccccc3n2)c1Cl. The van der Waals surface area contributed by atoms with Crippen LogP contribution in [0.1, 0.15) is 21.0 Å². The number of benzene rings is 2. The molecule has 11 heteroatoms. The van der Waals surface area contributed by atoms with E-state index in [1.54, 1.807) is 42.6 Å². The maximum absolute atomic E-state index is 12.9. The Bertz CT molecular complexity index is 1380. The van der Waals surface area contributed by atoms with Crippen LogP contribution in [-0.2, 0) is 0 Å². The number of para-hydroxylation sites is 1. The molecule has 9 nitrogen and oxygen atoms in total. The summed E-state index contributed by atoms with van der Waals surface area (Å²) in [5.41, 5.74) is 6.91. The van der Waals surface area contributed by atoms with Gasteiger partial charge in [-0.25, -0.2) is 9.97 Å². The summed E-state index contributed by atoms with van der Waals surface area (Å²) in [4.78, 5) is 38.0. The molecule has 2 aromatic heterocycles. The molecule has 166 valence electrons. The van der Waals surface area contributed by atoms with Gasteiger partial charge in [0.25, 0.3) is 11.8 Å². The van der Waals surface area contributed by atoms with E-state index in [1.807, 2.05) is 0 Å². The van der Waals surface area contributed by atoms with E-state index in [1.165, 1.54) is 19.4 Å². The average molecular weight is 483 g/mol. The second kappa shape index (κ2) is 9.27. The van der Waals surface area contributed by atoms with E-state index in [2.05, 4.69) is 25.6 Å². The van der Waals surface area contributed by atoms with Crippen LogP contribution in [0, 0.1) is 0 Å². The highest BCUT2D eigenvalue weighted by molar-refractivity contribution is 6.43. The third kappa shape index (κ3) is 4.50. The number of aromatic nitrogens is 3. The fourth-order valence-corrected chi connectivity index (χ4v) is 3.65. The largest absolute Gasteiger partial charge is 0.495 e. The fourth-order valence-electron chi connectivity index (χ4n) is 3.04. The van der Waals surface area contributed by atoms with Crippen LogP contribution in [-0.4, -0.2) is 33.9 Å². The van der Waals surface area contributed by atoms with Crippen LogP contribution in [0.3, 0.4) is 0 Å². The van der Waals surface area contributed by atoms with Crippen molar-refractivity contribution in [2.24, 2.45) is 0 Å². The number of carbonyl (C=O) groups excluding carboxylic acids is 2. The van der Waals surface area contributed by atoms with Crippen LogP contribution in [0.15, 0.2) is 54.9 Å². The number of nitrogens with one attached hydrogen (secondary N) is 2. The Morgan fingerprint density at radius 1 is 1.00 bits per heavy atom. The number of rotatable bonds is 5. The van der Waals surface area contributed by atoms with E-state index in [0.717, 1.165) is 0 Å². The molecule has 0 aliphatic carbocycles. The van der Waals surface area contributed by atoms with Gasteiger partial charge in [-0.2, -0.15) is 0 Å².